The summed E-state index contributed by atoms with van der Waals surface area (Å²) in [6.45, 7) is 0. The van der Waals surface area contributed by atoms with Crippen LogP contribution in [0.4, 0.5) is 11.4 Å². The Morgan fingerprint density at radius 1 is 1.14 bits per heavy atom. The zero-order valence-corrected chi connectivity index (χ0v) is 11.4. The molecule has 21 heavy (non-hydrogen) atoms. The fourth-order valence-corrected chi connectivity index (χ4v) is 2.72. The molecule has 0 saturated heterocycles. The van der Waals surface area contributed by atoms with Gasteiger partial charge in [-0.1, -0.05) is 12.1 Å². The minimum Gasteiger partial charge on any atom is -0.280 e. The predicted molar refractivity (Wildman–Crippen MR) is 75.1 cm³/mol. The van der Waals surface area contributed by atoms with E-state index in [2.05, 4.69) is 4.72 Å². The summed E-state index contributed by atoms with van der Waals surface area (Å²) in [5, 5.41) is 19.4. The van der Waals surface area contributed by atoms with Gasteiger partial charge in [0.05, 0.1) is 27.1 Å². The molecule has 8 heteroatoms. The highest BCUT2D eigenvalue weighted by atomic mass is 32.2. The summed E-state index contributed by atoms with van der Waals surface area (Å²) in [7, 11) is -3.96. The zero-order valence-electron chi connectivity index (χ0n) is 10.6. The second-order valence-corrected chi connectivity index (χ2v) is 5.73. The Bertz CT molecular complexity index is 840. The van der Waals surface area contributed by atoms with Crippen molar-refractivity contribution < 1.29 is 13.3 Å². The number of non-ortho nitro benzene ring substituents is 1. The highest BCUT2D eigenvalue weighted by molar-refractivity contribution is 7.92. The molecule has 2 aromatic rings. The van der Waals surface area contributed by atoms with E-state index in [1.165, 1.54) is 42.5 Å². The van der Waals surface area contributed by atoms with Crippen LogP contribution in [-0.2, 0) is 10.0 Å². The van der Waals surface area contributed by atoms with Gasteiger partial charge in [0.1, 0.15) is 0 Å². The first-order valence-electron chi connectivity index (χ1n) is 5.70. The van der Waals surface area contributed by atoms with Crippen molar-refractivity contribution in [3.8, 4) is 6.07 Å². The molecule has 2 rings (SSSR count). The molecule has 1 N–H and O–H groups in total. The van der Waals surface area contributed by atoms with Gasteiger partial charge in [0.2, 0.25) is 0 Å². The van der Waals surface area contributed by atoms with Crippen LogP contribution in [-0.4, -0.2) is 13.3 Å². The molecular formula is C13H9N3O4S. The third kappa shape index (κ3) is 3.34. The van der Waals surface area contributed by atoms with Crippen LogP contribution in [0, 0.1) is 21.4 Å². The summed E-state index contributed by atoms with van der Waals surface area (Å²) in [6, 6.07) is 12.5. The second-order valence-electron chi connectivity index (χ2n) is 4.05. The Kier molecular flexibility index (Phi) is 3.86. The highest BCUT2D eigenvalue weighted by Gasteiger charge is 2.17. The summed E-state index contributed by atoms with van der Waals surface area (Å²) in [4.78, 5) is 9.78. The quantitative estimate of drug-likeness (QED) is 0.687. The van der Waals surface area contributed by atoms with Crippen LogP contribution in [0.25, 0.3) is 0 Å². The average Bonchev–Trinajstić information content (AvgIpc) is 2.47. The number of nitrogens with one attached hydrogen (secondary N) is 1. The van der Waals surface area contributed by atoms with Gasteiger partial charge < -0.3 is 0 Å². The Balaban J connectivity index is 2.36. The van der Waals surface area contributed by atoms with Gasteiger partial charge in [0, 0.05) is 12.1 Å². The van der Waals surface area contributed by atoms with E-state index in [1.807, 2.05) is 6.07 Å². The third-order valence-corrected chi connectivity index (χ3v) is 3.96. The van der Waals surface area contributed by atoms with Crippen LogP contribution >= 0.6 is 0 Å². The lowest BCUT2D eigenvalue weighted by Gasteiger charge is -2.08. The molecule has 0 heterocycles. The molecule has 0 fully saturated rings. The van der Waals surface area contributed by atoms with Crippen molar-refractivity contribution in [3.63, 3.8) is 0 Å². The molecule has 0 spiro atoms. The minimum atomic E-state index is -3.96. The predicted octanol–water partition coefficient (Wildman–Crippen LogP) is 2.27. The van der Waals surface area contributed by atoms with Crippen LogP contribution in [0.2, 0.25) is 0 Å². The maximum atomic E-state index is 12.2. The lowest BCUT2D eigenvalue weighted by atomic mass is 10.2. The molecular weight excluding hydrogens is 294 g/mol. The summed E-state index contributed by atoms with van der Waals surface area (Å²) in [5.41, 5.74) is 0.193. The van der Waals surface area contributed by atoms with Crippen LogP contribution in [0.1, 0.15) is 5.56 Å². The molecule has 0 aliphatic rings. The van der Waals surface area contributed by atoms with E-state index in [1.54, 1.807) is 0 Å². The van der Waals surface area contributed by atoms with E-state index in [4.69, 9.17) is 5.26 Å². The Morgan fingerprint density at radius 3 is 2.52 bits per heavy atom. The van der Waals surface area contributed by atoms with E-state index in [9.17, 15) is 18.5 Å². The Labute approximate surface area is 120 Å². The zero-order chi connectivity index (χ0) is 15.5. The first-order chi connectivity index (χ1) is 9.92. The molecule has 0 saturated carbocycles. The summed E-state index contributed by atoms with van der Waals surface area (Å²) in [5.74, 6) is 0. The van der Waals surface area contributed by atoms with Gasteiger partial charge in [-0.3, -0.25) is 14.8 Å². The van der Waals surface area contributed by atoms with Crippen LogP contribution in [0.3, 0.4) is 0 Å². The molecule has 0 unspecified atom stereocenters. The fraction of sp³-hybridized carbons (Fsp3) is 0. The standard InChI is InChI=1S/C13H9N3O4S/c14-9-10-3-1-4-11(7-10)15-21(19,20)13-6-2-5-12(8-13)16(17)18/h1-8,15H. The van der Waals surface area contributed by atoms with Crippen molar-refractivity contribution >= 4 is 21.4 Å². The summed E-state index contributed by atoms with van der Waals surface area (Å²) in [6.07, 6.45) is 0. The van der Waals surface area contributed by atoms with Crippen molar-refractivity contribution in [2.45, 2.75) is 4.90 Å². The molecule has 0 bridgehead atoms. The molecule has 0 radical (unpaired) electrons. The van der Waals surface area contributed by atoms with E-state index < -0.39 is 14.9 Å². The lowest BCUT2D eigenvalue weighted by molar-refractivity contribution is -0.385. The van der Waals surface area contributed by atoms with Crippen LogP contribution < -0.4 is 4.72 Å². The van der Waals surface area contributed by atoms with Crippen LogP contribution in [0.15, 0.2) is 53.4 Å². The molecule has 0 aliphatic carbocycles. The van der Waals surface area contributed by atoms with Crippen molar-refractivity contribution in [3.05, 3.63) is 64.2 Å². The number of anilines is 1. The maximum Gasteiger partial charge on any atom is 0.270 e. The van der Waals surface area contributed by atoms with Crippen molar-refractivity contribution in [2.24, 2.45) is 0 Å². The van der Waals surface area contributed by atoms with Gasteiger partial charge >= 0.3 is 0 Å². The SMILES string of the molecule is N#Cc1cccc(NS(=O)(=O)c2cccc([N+](=O)[O-])c2)c1. The number of sulfonamides is 1. The van der Waals surface area contributed by atoms with Crippen molar-refractivity contribution in [2.75, 3.05) is 4.72 Å². The average molecular weight is 303 g/mol. The Hall–Kier alpha value is -2.92. The number of rotatable bonds is 4. The molecule has 0 aromatic heterocycles. The van der Waals surface area contributed by atoms with Gasteiger partial charge in [-0.05, 0) is 24.3 Å². The topological polar surface area (TPSA) is 113 Å². The molecule has 2 aromatic carbocycles. The molecule has 106 valence electrons. The number of nitriles is 1. The molecule has 0 atom stereocenters. The number of nitro groups is 1. The van der Waals surface area contributed by atoms with E-state index in [0.717, 1.165) is 6.07 Å². The largest absolute Gasteiger partial charge is 0.280 e. The first kappa shape index (κ1) is 14.5. The monoisotopic (exact) mass is 303 g/mol. The van der Waals surface area contributed by atoms with Gasteiger partial charge in [-0.25, -0.2) is 8.42 Å². The number of benzene rings is 2. The smallest absolute Gasteiger partial charge is 0.270 e. The number of nitro benzene ring substituents is 1. The fourth-order valence-electron chi connectivity index (χ4n) is 1.63. The van der Waals surface area contributed by atoms with Gasteiger partial charge in [0.25, 0.3) is 15.7 Å². The summed E-state index contributed by atoms with van der Waals surface area (Å²) < 4.78 is 26.6. The highest BCUT2D eigenvalue weighted by Crippen LogP contribution is 2.20. The number of hydrogen-bond acceptors (Lipinski definition) is 5. The lowest BCUT2D eigenvalue weighted by Crippen LogP contribution is -2.13. The second kappa shape index (κ2) is 5.60. The van der Waals surface area contributed by atoms with E-state index in [-0.39, 0.29) is 16.3 Å². The molecule has 7 nitrogen and oxygen atoms in total. The maximum absolute atomic E-state index is 12.2. The Morgan fingerprint density at radius 2 is 1.86 bits per heavy atom. The van der Waals surface area contributed by atoms with Gasteiger partial charge in [0.15, 0.2) is 0 Å². The van der Waals surface area contributed by atoms with Crippen molar-refractivity contribution in [1.82, 2.24) is 0 Å². The minimum absolute atomic E-state index is 0.209. The summed E-state index contributed by atoms with van der Waals surface area (Å²) >= 11 is 0. The van der Waals surface area contributed by atoms with Gasteiger partial charge in [-0.2, -0.15) is 5.26 Å². The third-order valence-electron chi connectivity index (χ3n) is 2.58. The molecule has 0 aliphatic heterocycles. The number of nitrogens with zero attached hydrogens (tertiary/aromatic N) is 2. The van der Waals surface area contributed by atoms with E-state index in [0.29, 0.717) is 5.56 Å². The van der Waals surface area contributed by atoms with Crippen LogP contribution in [0.5, 0.6) is 0 Å². The van der Waals surface area contributed by atoms with E-state index >= 15 is 0 Å². The molecule has 0 amide bonds. The van der Waals surface area contributed by atoms with Gasteiger partial charge in [-0.15, -0.1) is 0 Å². The normalized spacial score (nSPS) is 10.6. The number of hydrogen-bond donors (Lipinski definition) is 1. The first-order valence-corrected chi connectivity index (χ1v) is 7.18. The van der Waals surface area contributed by atoms with Crippen molar-refractivity contribution in [1.29, 1.82) is 5.26 Å².